The monoisotopic (exact) mass is 536 g/mol. The lowest BCUT2D eigenvalue weighted by Gasteiger charge is -2.37. The topological polar surface area (TPSA) is 145 Å². The van der Waals surface area contributed by atoms with Gasteiger partial charge in [-0.15, -0.1) is 0 Å². The lowest BCUT2D eigenvalue weighted by Crippen LogP contribution is -2.40. The molecule has 35 heavy (non-hydrogen) atoms. The number of nitrogens with one attached hydrogen (secondary N) is 1. The van der Waals surface area contributed by atoms with Crippen LogP contribution in [0.15, 0.2) is 6.07 Å². The van der Waals surface area contributed by atoms with Crippen molar-refractivity contribution in [3.63, 3.8) is 0 Å². The van der Waals surface area contributed by atoms with Crippen molar-refractivity contribution in [2.24, 2.45) is 0 Å². The normalized spacial score (nSPS) is 28.0. The molecule has 9 nitrogen and oxygen atoms in total. The first-order valence-electron chi connectivity index (χ1n) is 11.2. The van der Waals surface area contributed by atoms with Crippen LogP contribution in [0.25, 0.3) is 11.0 Å². The summed E-state index contributed by atoms with van der Waals surface area (Å²) in [5.41, 5.74) is -1.32. The zero-order valence-corrected chi connectivity index (χ0v) is 21.8. The average molecular weight is 537 g/mol. The smallest absolute Gasteiger partial charge is 0.359 e. The molecule has 7 atom stereocenters. The molecular weight excluding hydrogens is 505 g/mol. The van der Waals surface area contributed by atoms with Gasteiger partial charge in [-0.3, -0.25) is 4.57 Å². The molecule has 0 spiro atoms. The average Bonchev–Trinajstić information content (AvgIpc) is 3.04. The summed E-state index contributed by atoms with van der Waals surface area (Å²) in [4.78, 5) is 17.0. The highest BCUT2D eigenvalue weighted by Gasteiger charge is 2.50. The van der Waals surface area contributed by atoms with Crippen LogP contribution in [-0.4, -0.2) is 59.4 Å². The van der Waals surface area contributed by atoms with Crippen LogP contribution in [0.3, 0.4) is 0 Å². The fourth-order valence-electron chi connectivity index (χ4n) is 3.94. The van der Waals surface area contributed by atoms with Gasteiger partial charge in [0.25, 0.3) is 0 Å². The molecule has 0 saturated carbocycles. The number of aryl methyl sites for hydroxylation is 1. The van der Waals surface area contributed by atoms with Gasteiger partial charge in [-0.25, -0.2) is 13.8 Å². The molecule has 1 fully saturated rings. The number of nitrogens with zero attached hydrogens (tertiary/aromatic N) is 1. The molecule has 0 aliphatic carbocycles. The van der Waals surface area contributed by atoms with Gasteiger partial charge in [0.05, 0.1) is 22.8 Å². The summed E-state index contributed by atoms with van der Waals surface area (Å²) in [7, 11) is -4.50. The lowest BCUT2D eigenvalue weighted by atomic mass is 9.92. The maximum atomic E-state index is 14.6. The second-order valence-electron chi connectivity index (χ2n) is 9.41. The highest BCUT2D eigenvalue weighted by atomic mass is 32.1. The van der Waals surface area contributed by atoms with Gasteiger partial charge in [0.15, 0.2) is 17.0 Å². The van der Waals surface area contributed by atoms with E-state index < -0.39 is 54.6 Å². The molecule has 4 unspecified atom stereocenters. The van der Waals surface area contributed by atoms with Crippen LogP contribution in [0.5, 0.6) is 0 Å². The molecule has 1 saturated heterocycles. The minimum atomic E-state index is -4.50. The van der Waals surface area contributed by atoms with Crippen LogP contribution in [-0.2, 0) is 13.8 Å². The third kappa shape index (κ3) is 5.21. The van der Waals surface area contributed by atoms with Crippen LogP contribution in [0.2, 0.25) is 0 Å². The van der Waals surface area contributed by atoms with Crippen LogP contribution in [0.4, 0.5) is 8.78 Å². The van der Waals surface area contributed by atoms with Gasteiger partial charge in [-0.2, -0.15) is 0 Å². The van der Waals surface area contributed by atoms with Crippen LogP contribution >= 0.6 is 19.8 Å². The van der Waals surface area contributed by atoms with E-state index in [1.807, 2.05) is 0 Å². The van der Waals surface area contributed by atoms with Crippen LogP contribution < -0.4 is 0 Å². The third-order valence-electron chi connectivity index (χ3n) is 6.75. The van der Waals surface area contributed by atoms with Gasteiger partial charge >= 0.3 is 7.60 Å². The van der Waals surface area contributed by atoms with E-state index in [4.69, 9.17) is 21.5 Å². The summed E-state index contributed by atoms with van der Waals surface area (Å²) in [5.74, 6) is -2.26. The summed E-state index contributed by atoms with van der Waals surface area (Å²) in [6.45, 7) is 7.28. The van der Waals surface area contributed by atoms with E-state index in [1.54, 1.807) is 13.8 Å². The van der Waals surface area contributed by atoms with Crippen molar-refractivity contribution in [3.05, 3.63) is 33.6 Å². The number of aromatic amines is 1. The number of fused-ring (bicyclic) bond motifs is 1. The van der Waals surface area contributed by atoms with E-state index in [1.165, 1.54) is 26.8 Å². The number of pyridine rings is 2. The molecule has 13 heteroatoms. The number of hydrogen-bond donors (Lipinski definition) is 5. The van der Waals surface area contributed by atoms with Crippen molar-refractivity contribution >= 4 is 30.8 Å². The number of ether oxygens (including phenoxy) is 1. The number of aliphatic hydroxyl groups excluding tert-OH is 2. The van der Waals surface area contributed by atoms with Gasteiger partial charge in [0.1, 0.15) is 28.6 Å². The molecule has 1 aliphatic rings. The minimum absolute atomic E-state index is 0.0216. The molecule has 0 bridgehead atoms. The predicted molar refractivity (Wildman–Crippen MR) is 126 cm³/mol. The first-order chi connectivity index (χ1) is 16.1. The van der Waals surface area contributed by atoms with Gasteiger partial charge in [0, 0.05) is 12.0 Å². The number of aromatic nitrogens is 2. The molecule has 3 heterocycles. The fourth-order valence-corrected chi connectivity index (χ4v) is 5.61. The van der Waals surface area contributed by atoms with E-state index >= 15 is 0 Å². The Kier molecular flexibility index (Phi) is 7.92. The van der Waals surface area contributed by atoms with Gasteiger partial charge < -0.3 is 34.5 Å². The second kappa shape index (κ2) is 9.83. The number of aliphatic hydroxyl groups is 3. The lowest BCUT2D eigenvalue weighted by molar-refractivity contribution is -0.0531. The molecule has 2 aromatic heterocycles. The van der Waals surface area contributed by atoms with Crippen LogP contribution in [0, 0.1) is 23.2 Å². The molecular formula is C22H31F2N2O7PS. The van der Waals surface area contributed by atoms with E-state index in [0.717, 1.165) is 0 Å². The van der Waals surface area contributed by atoms with Crippen molar-refractivity contribution in [2.75, 3.05) is 0 Å². The molecule has 0 radical (unpaired) electrons. The Bertz CT molecular complexity index is 1230. The van der Waals surface area contributed by atoms with Gasteiger partial charge in [-0.05, 0) is 39.7 Å². The minimum Gasteiger partial charge on any atom is -0.388 e. The van der Waals surface area contributed by atoms with Crippen molar-refractivity contribution in [3.8, 4) is 0 Å². The zero-order chi connectivity index (χ0) is 26.5. The van der Waals surface area contributed by atoms with E-state index in [-0.39, 0.29) is 46.2 Å². The van der Waals surface area contributed by atoms with E-state index in [0.29, 0.717) is 0 Å². The second-order valence-corrected chi connectivity index (χ2v) is 12.0. The first kappa shape index (κ1) is 28.2. The highest BCUT2D eigenvalue weighted by molar-refractivity contribution is 7.71. The molecule has 1 aliphatic heterocycles. The highest BCUT2D eigenvalue weighted by Crippen LogP contribution is 2.59. The third-order valence-corrected chi connectivity index (χ3v) is 9.31. The molecule has 196 valence electrons. The molecule has 0 aromatic carbocycles. The number of H-pyrrole nitrogens is 1. The van der Waals surface area contributed by atoms with Crippen LogP contribution in [0.1, 0.15) is 64.3 Å². The Balaban J connectivity index is 1.92. The Morgan fingerprint density at radius 3 is 2.43 bits per heavy atom. The summed E-state index contributed by atoms with van der Waals surface area (Å²) in [6, 6.07) is 1.22. The maximum Gasteiger partial charge on any atom is 0.359 e. The number of hydrogen-bond acceptors (Lipinski definition) is 8. The maximum absolute atomic E-state index is 14.6. The summed E-state index contributed by atoms with van der Waals surface area (Å²) < 4.78 is 52.8. The Morgan fingerprint density at radius 2 is 1.86 bits per heavy atom. The SMILES string of the molecule is CCC(C)(C[C@H]1O[C@@H](c2cc3c(F)c(F)c(C)nc3[nH]c2=S)[C@@H](O)C1O)OP(=O)(O)C(C)(O)CC. The standard InChI is InChI=1S/C22H31F2N2O7PS/c1-6-21(4,33-34(30,31)22(5,29)7-2)9-13-16(27)17(28)18(32-13)12-8-11-15(24)14(23)10(3)25-19(11)26-20(12)35/h8,13,16-18,27-29H,6-7,9H2,1-5H3,(H,30,31)(H,25,26,35)/t13-,16?,17+,18+,21?,22?/m1/s1. The largest absolute Gasteiger partial charge is 0.388 e. The van der Waals surface area contributed by atoms with Crippen molar-refractivity contribution < 1.29 is 42.8 Å². The summed E-state index contributed by atoms with van der Waals surface area (Å²) in [5, 5.41) is 29.5. The number of rotatable bonds is 8. The molecule has 2 aromatic rings. The number of halogens is 2. The van der Waals surface area contributed by atoms with Crippen molar-refractivity contribution in [1.29, 1.82) is 0 Å². The zero-order valence-electron chi connectivity index (χ0n) is 20.1. The summed E-state index contributed by atoms with van der Waals surface area (Å²) in [6.07, 6.45) is -5.12. The Morgan fingerprint density at radius 1 is 1.23 bits per heavy atom. The quantitative estimate of drug-likeness (QED) is 0.250. The predicted octanol–water partition coefficient (Wildman–Crippen LogP) is 3.92. The van der Waals surface area contributed by atoms with E-state index in [2.05, 4.69) is 9.97 Å². The summed E-state index contributed by atoms with van der Waals surface area (Å²) >= 11 is 5.32. The molecule has 3 rings (SSSR count). The van der Waals surface area contributed by atoms with Gasteiger partial charge in [0.2, 0.25) is 0 Å². The van der Waals surface area contributed by atoms with Crippen molar-refractivity contribution in [2.45, 2.75) is 89.2 Å². The molecule has 5 N–H and O–H groups in total. The Hall–Kier alpha value is -1.37. The molecule has 0 amide bonds. The van der Waals surface area contributed by atoms with Gasteiger partial charge in [-0.1, -0.05) is 26.1 Å². The van der Waals surface area contributed by atoms with E-state index in [9.17, 15) is 33.6 Å². The fraction of sp³-hybridized carbons (Fsp3) is 0.636. The first-order valence-corrected chi connectivity index (χ1v) is 13.2. The Labute approximate surface area is 206 Å². The van der Waals surface area contributed by atoms with Crippen molar-refractivity contribution in [1.82, 2.24) is 9.97 Å².